The summed E-state index contributed by atoms with van der Waals surface area (Å²) in [5.74, 6) is 2.66. The number of quaternary nitrogens is 1. The Morgan fingerprint density at radius 2 is 1.67 bits per heavy atom. The van der Waals surface area contributed by atoms with Gasteiger partial charge in [-0.1, -0.05) is 57.4 Å². The zero-order valence-electron chi connectivity index (χ0n) is 24.5. The maximum absolute atomic E-state index is 9.73. The van der Waals surface area contributed by atoms with Gasteiger partial charge < -0.3 is 14.1 Å². The van der Waals surface area contributed by atoms with Gasteiger partial charge in [0.05, 0.1) is 52.9 Å². The molecule has 0 bridgehead atoms. The molecule has 4 fully saturated rings. The average Bonchev–Trinajstić information content (AvgIpc) is 3.29. The third-order valence-corrected chi connectivity index (χ3v) is 9.56. The highest BCUT2D eigenvalue weighted by atomic mass is 16.5. The summed E-state index contributed by atoms with van der Waals surface area (Å²) in [5.41, 5.74) is 1.17. The molecule has 1 aliphatic heterocycles. The number of nitriles is 1. The van der Waals surface area contributed by atoms with Gasteiger partial charge in [-0.15, -0.1) is 0 Å². The van der Waals surface area contributed by atoms with Gasteiger partial charge in [-0.25, -0.2) is 15.0 Å². The predicted octanol–water partition coefficient (Wildman–Crippen LogP) is 7.45. The molecule has 6 heteroatoms. The number of rotatable bonds is 8. The Balaban J connectivity index is 1.61. The van der Waals surface area contributed by atoms with Crippen LogP contribution in [0.1, 0.15) is 89.9 Å². The molecule has 210 valence electrons. The average molecular weight is 531 g/mol. The molecule has 0 amide bonds. The molecular formula is C33H48N5O+. The third-order valence-electron chi connectivity index (χ3n) is 9.56. The number of hydrogen-bond donors (Lipinski definition) is 0. The number of allylic oxidation sites excluding steroid dienone is 4. The Morgan fingerprint density at radius 1 is 0.974 bits per heavy atom. The highest BCUT2D eigenvalue weighted by Gasteiger charge is 2.44. The SMILES string of the molecule is [C-]#[N+]C(=CC=C1OC2CCC(C3CCCCC3)CC2N1CCC[N+](C)(C)C)/C(=C(\C#N)[N+]#[C-])C1CCCCC1. The summed E-state index contributed by atoms with van der Waals surface area (Å²) in [6, 6.07) is 2.50. The minimum atomic E-state index is 0.0821. The molecule has 0 aromatic heterocycles. The summed E-state index contributed by atoms with van der Waals surface area (Å²) in [6.07, 6.45) is 20.9. The maximum atomic E-state index is 9.73. The molecule has 0 N–H and O–H groups in total. The molecule has 3 unspecified atom stereocenters. The van der Waals surface area contributed by atoms with E-state index in [4.69, 9.17) is 17.9 Å². The van der Waals surface area contributed by atoms with Crippen LogP contribution in [0.4, 0.5) is 0 Å². The summed E-state index contributed by atoms with van der Waals surface area (Å²) in [5, 5.41) is 9.73. The lowest BCUT2D eigenvalue weighted by molar-refractivity contribution is -0.870. The predicted molar refractivity (Wildman–Crippen MR) is 155 cm³/mol. The molecule has 0 aromatic carbocycles. The van der Waals surface area contributed by atoms with E-state index >= 15 is 0 Å². The van der Waals surface area contributed by atoms with E-state index in [1.54, 1.807) is 0 Å². The molecule has 0 spiro atoms. The number of fused-ring (bicyclic) bond motifs is 1. The van der Waals surface area contributed by atoms with Crippen LogP contribution in [0.25, 0.3) is 9.69 Å². The smallest absolute Gasteiger partial charge is 0.255 e. The van der Waals surface area contributed by atoms with Gasteiger partial charge in [0, 0.05) is 13.0 Å². The minimum absolute atomic E-state index is 0.0821. The van der Waals surface area contributed by atoms with Crippen molar-refractivity contribution in [3.8, 4) is 6.07 Å². The summed E-state index contributed by atoms with van der Waals surface area (Å²) in [7, 11) is 6.73. The second-order valence-corrected chi connectivity index (χ2v) is 13.2. The van der Waals surface area contributed by atoms with Crippen molar-refractivity contribution in [1.82, 2.24) is 4.90 Å². The molecule has 1 saturated heterocycles. The van der Waals surface area contributed by atoms with Gasteiger partial charge >= 0.3 is 0 Å². The first kappa shape index (κ1) is 29.2. The van der Waals surface area contributed by atoms with Crippen molar-refractivity contribution >= 4 is 0 Å². The van der Waals surface area contributed by atoms with Crippen LogP contribution in [0.3, 0.4) is 0 Å². The minimum Gasteiger partial charge on any atom is -0.474 e. The van der Waals surface area contributed by atoms with Crippen LogP contribution < -0.4 is 0 Å². The van der Waals surface area contributed by atoms with Crippen molar-refractivity contribution < 1.29 is 9.22 Å². The molecule has 3 atom stereocenters. The Bertz CT molecular complexity index is 1050. The van der Waals surface area contributed by atoms with Crippen molar-refractivity contribution in [2.75, 3.05) is 34.2 Å². The van der Waals surface area contributed by atoms with Crippen LogP contribution >= 0.6 is 0 Å². The van der Waals surface area contributed by atoms with E-state index in [0.717, 1.165) is 73.8 Å². The topological polar surface area (TPSA) is 45.0 Å². The first-order valence-corrected chi connectivity index (χ1v) is 15.4. The summed E-state index contributed by atoms with van der Waals surface area (Å²) >= 11 is 0. The second-order valence-electron chi connectivity index (χ2n) is 13.2. The van der Waals surface area contributed by atoms with Crippen molar-refractivity contribution in [2.45, 2.75) is 102 Å². The van der Waals surface area contributed by atoms with Crippen LogP contribution in [0.5, 0.6) is 0 Å². The van der Waals surface area contributed by atoms with Gasteiger partial charge in [-0.05, 0) is 61.5 Å². The molecule has 39 heavy (non-hydrogen) atoms. The quantitative estimate of drug-likeness (QED) is 0.142. The van der Waals surface area contributed by atoms with Crippen LogP contribution in [0, 0.1) is 42.2 Å². The fraction of sp³-hybridized carbons (Fsp3) is 0.727. The molecule has 3 saturated carbocycles. The van der Waals surface area contributed by atoms with Crippen LogP contribution in [0.15, 0.2) is 35.0 Å². The zero-order chi connectivity index (χ0) is 27.8. The standard InChI is InChI=1S/C33H48N5O/c1-35-28(33(29(24-34)36-2)26-15-10-7-11-16-26)18-20-32-37(21-12-22-38(3,4)5)30-23-27(17-19-31(30)39-32)25-13-8-6-9-14-25/h18,20,25-27,30-31H,6-17,19,21-23H2,3-5H3/q+1/b28-18?,32-20?,33-29+. The fourth-order valence-corrected chi connectivity index (χ4v) is 7.56. The molecule has 4 aliphatic rings. The van der Waals surface area contributed by atoms with Gasteiger partial charge in [0.25, 0.3) is 5.70 Å². The van der Waals surface area contributed by atoms with Crippen molar-refractivity contribution in [1.29, 1.82) is 5.26 Å². The van der Waals surface area contributed by atoms with Crippen molar-refractivity contribution in [2.24, 2.45) is 17.8 Å². The molecule has 1 heterocycles. The second kappa shape index (κ2) is 13.5. The lowest BCUT2D eigenvalue weighted by Gasteiger charge is -2.39. The van der Waals surface area contributed by atoms with Crippen LogP contribution in [-0.2, 0) is 4.74 Å². The molecule has 4 rings (SSSR count). The maximum Gasteiger partial charge on any atom is 0.255 e. The lowest BCUT2D eigenvalue weighted by atomic mass is 9.71. The molecule has 3 aliphatic carbocycles. The number of hydrogen-bond acceptors (Lipinski definition) is 3. The van der Waals surface area contributed by atoms with E-state index in [2.05, 4.69) is 41.8 Å². The summed E-state index contributed by atoms with van der Waals surface area (Å²) in [6.45, 7) is 17.7. The summed E-state index contributed by atoms with van der Waals surface area (Å²) < 4.78 is 7.56. The third kappa shape index (κ3) is 7.47. The van der Waals surface area contributed by atoms with E-state index in [1.165, 1.54) is 51.4 Å². The van der Waals surface area contributed by atoms with E-state index < -0.39 is 0 Å². The number of nitrogens with zero attached hydrogens (tertiary/aromatic N) is 5. The van der Waals surface area contributed by atoms with Gasteiger partial charge in [0.15, 0.2) is 11.6 Å². The monoisotopic (exact) mass is 530 g/mol. The van der Waals surface area contributed by atoms with E-state index in [-0.39, 0.29) is 17.7 Å². The van der Waals surface area contributed by atoms with Gasteiger partial charge in [-0.2, -0.15) is 0 Å². The molecule has 6 nitrogen and oxygen atoms in total. The first-order chi connectivity index (χ1) is 18.8. The fourth-order valence-electron chi connectivity index (χ4n) is 7.56. The molecule has 0 aromatic rings. The zero-order valence-corrected chi connectivity index (χ0v) is 24.5. The molecular weight excluding hydrogens is 482 g/mol. The van der Waals surface area contributed by atoms with Crippen molar-refractivity contribution in [3.05, 3.63) is 57.8 Å². The Labute approximate surface area is 237 Å². The largest absolute Gasteiger partial charge is 0.474 e. The van der Waals surface area contributed by atoms with Gasteiger partial charge in [0.1, 0.15) is 6.10 Å². The van der Waals surface area contributed by atoms with Gasteiger partial charge in [0.2, 0.25) is 0 Å². The Kier molecular flexibility index (Phi) is 10.2. The highest BCUT2D eigenvalue weighted by molar-refractivity contribution is 5.50. The van der Waals surface area contributed by atoms with E-state index in [9.17, 15) is 5.26 Å². The van der Waals surface area contributed by atoms with Gasteiger partial charge in [-0.3, -0.25) is 0 Å². The first-order valence-electron chi connectivity index (χ1n) is 15.4. The van der Waals surface area contributed by atoms with Crippen LogP contribution in [0.2, 0.25) is 0 Å². The lowest BCUT2D eigenvalue weighted by Crippen LogP contribution is -2.43. The highest BCUT2D eigenvalue weighted by Crippen LogP contribution is 2.44. The van der Waals surface area contributed by atoms with E-state index in [1.807, 2.05) is 12.2 Å². The molecule has 0 radical (unpaired) electrons. The Hall–Kier alpha value is -2.75. The normalized spacial score (nSPS) is 28.6. The van der Waals surface area contributed by atoms with Crippen molar-refractivity contribution in [3.63, 3.8) is 0 Å². The number of ether oxygens (including phenoxy) is 1. The van der Waals surface area contributed by atoms with Crippen LogP contribution in [-0.4, -0.2) is 55.8 Å². The Morgan fingerprint density at radius 3 is 2.28 bits per heavy atom. The van der Waals surface area contributed by atoms with E-state index in [0.29, 0.717) is 17.3 Å². The summed E-state index contributed by atoms with van der Waals surface area (Å²) in [4.78, 5) is 9.90.